The third-order valence-corrected chi connectivity index (χ3v) is 3.77. The molecule has 0 radical (unpaired) electrons. The lowest BCUT2D eigenvalue weighted by molar-refractivity contribution is -0.137. The Labute approximate surface area is 126 Å². The number of rotatable bonds is 2. The highest BCUT2D eigenvalue weighted by molar-refractivity contribution is 5.90. The van der Waals surface area contributed by atoms with Crippen molar-refractivity contribution < 1.29 is 27.8 Å². The molecule has 0 spiro atoms. The van der Waals surface area contributed by atoms with Gasteiger partial charge in [-0.1, -0.05) is 6.92 Å². The Hall–Kier alpha value is -1.76. The van der Waals surface area contributed by atoms with Gasteiger partial charge in [-0.05, 0) is 38.0 Å². The zero-order chi connectivity index (χ0) is 16.5. The molecule has 1 amide bonds. The summed E-state index contributed by atoms with van der Waals surface area (Å²) in [5.74, 6) is 0. The van der Waals surface area contributed by atoms with Crippen molar-refractivity contribution in [3.63, 3.8) is 0 Å². The fraction of sp³-hybridized carbons (Fsp3) is 0.533. The van der Waals surface area contributed by atoms with Crippen molar-refractivity contribution in [2.75, 3.05) is 11.5 Å². The number of aliphatic hydroxyl groups excluding tert-OH is 1. The number of alkyl halides is 3. The van der Waals surface area contributed by atoms with E-state index >= 15 is 0 Å². The van der Waals surface area contributed by atoms with Crippen LogP contribution in [0.3, 0.4) is 0 Å². The third-order valence-electron chi connectivity index (χ3n) is 3.77. The van der Waals surface area contributed by atoms with Crippen molar-refractivity contribution in [3.05, 3.63) is 29.3 Å². The van der Waals surface area contributed by atoms with E-state index in [-0.39, 0.29) is 30.3 Å². The first-order valence-electron chi connectivity index (χ1n) is 7.14. The highest BCUT2D eigenvalue weighted by Gasteiger charge is 2.38. The number of hydrogen-bond acceptors (Lipinski definition) is 3. The fourth-order valence-corrected chi connectivity index (χ4v) is 2.69. The lowest BCUT2D eigenvalue weighted by Gasteiger charge is -2.38. The first-order valence-corrected chi connectivity index (χ1v) is 7.14. The van der Waals surface area contributed by atoms with Crippen LogP contribution in [0, 0.1) is 0 Å². The summed E-state index contributed by atoms with van der Waals surface area (Å²) < 4.78 is 43.4. The zero-order valence-corrected chi connectivity index (χ0v) is 12.4. The van der Waals surface area contributed by atoms with E-state index in [1.54, 1.807) is 6.92 Å². The van der Waals surface area contributed by atoms with Gasteiger partial charge in [-0.3, -0.25) is 4.90 Å². The topological polar surface area (TPSA) is 49.8 Å². The summed E-state index contributed by atoms with van der Waals surface area (Å²) in [7, 11) is 0. The van der Waals surface area contributed by atoms with E-state index < -0.39 is 23.9 Å². The van der Waals surface area contributed by atoms with Crippen molar-refractivity contribution >= 4 is 11.8 Å². The molecule has 0 fully saturated rings. The Morgan fingerprint density at radius 2 is 2.09 bits per heavy atom. The summed E-state index contributed by atoms with van der Waals surface area (Å²) in [4.78, 5) is 13.5. The number of hydrogen-bond donors (Lipinski definition) is 1. The van der Waals surface area contributed by atoms with Crippen LogP contribution in [0.15, 0.2) is 18.2 Å². The second-order valence-corrected chi connectivity index (χ2v) is 5.15. The van der Waals surface area contributed by atoms with Crippen molar-refractivity contribution in [1.29, 1.82) is 0 Å². The Morgan fingerprint density at radius 1 is 1.41 bits per heavy atom. The lowest BCUT2D eigenvalue weighted by Crippen LogP contribution is -2.45. The van der Waals surface area contributed by atoms with Crippen LogP contribution >= 0.6 is 0 Å². The van der Waals surface area contributed by atoms with Crippen molar-refractivity contribution in [2.24, 2.45) is 0 Å². The van der Waals surface area contributed by atoms with Crippen LogP contribution in [0.25, 0.3) is 0 Å². The summed E-state index contributed by atoms with van der Waals surface area (Å²) in [6.45, 7) is 3.67. The quantitative estimate of drug-likeness (QED) is 0.900. The molecule has 0 saturated carbocycles. The van der Waals surface area contributed by atoms with Gasteiger partial charge < -0.3 is 9.84 Å². The summed E-state index contributed by atoms with van der Waals surface area (Å²) in [5, 5.41) is 10.1. The van der Waals surface area contributed by atoms with E-state index in [2.05, 4.69) is 0 Å². The molecular weight excluding hydrogens is 299 g/mol. The molecule has 2 atom stereocenters. The zero-order valence-electron chi connectivity index (χ0n) is 12.4. The number of carbonyl (C=O) groups excluding carboxylic acids is 1. The molecule has 1 aliphatic heterocycles. The third kappa shape index (κ3) is 3.04. The van der Waals surface area contributed by atoms with Crippen LogP contribution in [0.4, 0.5) is 23.7 Å². The van der Waals surface area contributed by atoms with Crippen LogP contribution in [0.1, 0.15) is 43.9 Å². The number of anilines is 1. The minimum atomic E-state index is -4.49. The lowest BCUT2D eigenvalue weighted by atomic mass is 9.91. The number of nitrogens with zero attached hydrogens (tertiary/aromatic N) is 1. The molecule has 1 aromatic carbocycles. The normalized spacial score (nSPS) is 21.5. The van der Waals surface area contributed by atoms with Crippen LogP contribution in [-0.2, 0) is 10.9 Å². The van der Waals surface area contributed by atoms with Crippen LogP contribution in [0.5, 0.6) is 0 Å². The Morgan fingerprint density at radius 3 is 2.64 bits per heavy atom. The van der Waals surface area contributed by atoms with Gasteiger partial charge in [-0.2, -0.15) is 13.2 Å². The maximum absolute atomic E-state index is 12.8. The van der Waals surface area contributed by atoms with Gasteiger partial charge in [0.2, 0.25) is 0 Å². The number of aliphatic hydroxyl groups is 1. The Balaban J connectivity index is 2.49. The maximum atomic E-state index is 12.8. The van der Waals surface area contributed by atoms with E-state index in [0.717, 1.165) is 12.1 Å². The van der Waals surface area contributed by atoms with E-state index in [0.29, 0.717) is 6.42 Å². The number of amides is 1. The molecule has 7 heteroatoms. The van der Waals surface area contributed by atoms with Crippen LogP contribution in [-0.4, -0.2) is 23.8 Å². The first-order chi connectivity index (χ1) is 10.3. The number of fused-ring (bicyclic) bond motifs is 1. The smallest absolute Gasteiger partial charge is 0.416 e. The molecule has 0 aromatic heterocycles. The Kier molecular flexibility index (Phi) is 4.65. The number of carbonyl (C=O) groups is 1. The number of benzene rings is 1. The molecule has 22 heavy (non-hydrogen) atoms. The van der Waals surface area contributed by atoms with Crippen molar-refractivity contribution in [3.8, 4) is 0 Å². The molecule has 0 saturated heterocycles. The standard InChI is InChI=1S/C15H18F3NO3/c1-3-10-8-13(20)11-7-9(15(16,17)18)5-6-12(11)19(10)14(21)22-4-2/h5-7,10,13,20H,3-4,8H2,1-2H3. The SMILES string of the molecule is CCOC(=O)N1c2ccc(C(F)(F)F)cc2C(O)CC1CC. The van der Waals surface area contributed by atoms with Crippen molar-refractivity contribution in [2.45, 2.75) is 45.0 Å². The van der Waals surface area contributed by atoms with Gasteiger partial charge in [0, 0.05) is 11.6 Å². The molecule has 2 unspecified atom stereocenters. The highest BCUT2D eigenvalue weighted by Crippen LogP contribution is 2.41. The first kappa shape index (κ1) is 16.6. The highest BCUT2D eigenvalue weighted by atomic mass is 19.4. The molecule has 1 aromatic rings. The molecule has 1 aliphatic rings. The largest absolute Gasteiger partial charge is 0.449 e. The monoisotopic (exact) mass is 317 g/mol. The van der Waals surface area contributed by atoms with Gasteiger partial charge in [-0.25, -0.2) is 4.79 Å². The molecular formula is C15H18F3NO3. The average Bonchev–Trinajstić information content (AvgIpc) is 2.45. The maximum Gasteiger partial charge on any atom is 0.416 e. The minimum Gasteiger partial charge on any atom is -0.449 e. The van der Waals surface area contributed by atoms with Gasteiger partial charge in [-0.15, -0.1) is 0 Å². The van der Waals surface area contributed by atoms with Gasteiger partial charge in [0.05, 0.1) is 24.0 Å². The van der Waals surface area contributed by atoms with Gasteiger partial charge in [0.25, 0.3) is 0 Å². The predicted molar refractivity (Wildman–Crippen MR) is 74.6 cm³/mol. The number of halogens is 3. The van der Waals surface area contributed by atoms with E-state index in [1.165, 1.54) is 11.0 Å². The molecule has 2 rings (SSSR count). The second-order valence-electron chi connectivity index (χ2n) is 5.15. The van der Waals surface area contributed by atoms with Gasteiger partial charge >= 0.3 is 12.3 Å². The summed E-state index contributed by atoms with van der Waals surface area (Å²) >= 11 is 0. The summed E-state index contributed by atoms with van der Waals surface area (Å²) in [5.41, 5.74) is -0.464. The number of ether oxygens (including phenoxy) is 1. The summed E-state index contributed by atoms with van der Waals surface area (Å²) in [6.07, 6.45) is -5.39. The molecule has 122 valence electrons. The van der Waals surface area contributed by atoms with E-state index in [1.807, 2.05) is 6.92 Å². The van der Waals surface area contributed by atoms with E-state index in [4.69, 9.17) is 4.74 Å². The Bertz CT molecular complexity index is 559. The predicted octanol–water partition coefficient (Wildman–Crippen LogP) is 3.88. The molecule has 0 aliphatic carbocycles. The average molecular weight is 317 g/mol. The summed E-state index contributed by atoms with van der Waals surface area (Å²) in [6, 6.07) is 2.73. The minimum absolute atomic E-state index is 0.104. The van der Waals surface area contributed by atoms with Crippen LogP contribution in [0.2, 0.25) is 0 Å². The molecule has 1 heterocycles. The molecule has 4 nitrogen and oxygen atoms in total. The molecule has 1 N–H and O–H groups in total. The van der Waals surface area contributed by atoms with Gasteiger partial charge in [0.1, 0.15) is 0 Å². The molecule has 0 bridgehead atoms. The second kappa shape index (κ2) is 6.16. The van der Waals surface area contributed by atoms with E-state index in [9.17, 15) is 23.1 Å². The fourth-order valence-electron chi connectivity index (χ4n) is 2.69. The van der Waals surface area contributed by atoms with Gasteiger partial charge in [0.15, 0.2) is 0 Å². The van der Waals surface area contributed by atoms with Crippen molar-refractivity contribution in [1.82, 2.24) is 0 Å². The van der Waals surface area contributed by atoms with Crippen LogP contribution < -0.4 is 4.90 Å².